The van der Waals surface area contributed by atoms with Crippen LogP contribution in [0.5, 0.6) is 5.75 Å². The Bertz CT molecular complexity index is 487. The quantitative estimate of drug-likeness (QED) is 0.437. The molecule has 0 aliphatic heterocycles. The van der Waals surface area contributed by atoms with Gasteiger partial charge in [-0.25, -0.2) is 8.42 Å². The van der Waals surface area contributed by atoms with E-state index in [0.717, 1.165) is 6.07 Å². The number of nitrogens with one attached hydrogen (secondary N) is 1. The smallest absolute Gasteiger partial charge is 0.747 e. The normalized spacial score (nSPS) is 12.6. The Morgan fingerprint density at radius 2 is 2.00 bits per heavy atom. The summed E-state index contributed by atoms with van der Waals surface area (Å²) >= 11 is 0. The van der Waals surface area contributed by atoms with E-state index in [9.17, 15) is 17.8 Å². The van der Waals surface area contributed by atoms with Gasteiger partial charge < -0.3 is 9.66 Å². The number of benzene rings is 1. The Hall–Kier alpha value is -1.00. The van der Waals surface area contributed by atoms with Gasteiger partial charge in [-0.1, -0.05) is 12.1 Å². The van der Waals surface area contributed by atoms with Gasteiger partial charge in [0, 0.05) is 0 Å². The van der Waals surface area contributed by atoms with Crippen LogP contribution in [-0.2, 0) is 14.9 Å². The zero-order valence-corrected chi connectivity index (χ0v) is 9.19. The summed E-state index contributed by atoms with van der Waals surface area (Å²) in [5, 5.41) is 6.96. The molecule has 1 radical (unpaired) electrons. The average Bonchev–Trinajstić information content (AvgIpc) is 1.99. The molecular formula is C8H7LiNO5S. The van der Waals surface area contributed by atoms with Gasteiger partial charge in [-0.05, 0) is 17.7 Å². The second-order valence-corrected chi connectivity index (χ2v) is 4.29. The van der Waals surface area contributed by atoms with Gasteiger partial charge in [-0.2, -0.15) is 0 Å². The van der Waals surface area contributed by atoms with Crippen LogP contribution in [0, 0.1) is 0 Å². The molecular weight excluding hydrogens is 229 g/mol. The first-order valence-corrected chi connectivity index (χ1v) is 5.28. The molecule has 81 valence electrons. The summed E-state index contributed by atoms with van der Waals surface area (Å²) in [5.41, 5.74) is 6.50. The summed E-state index contributed by atoms with van der Waals surface area (Å²) in [6.07, 6.45) is 0. The number of phenolic OH excluding ortho intramolecular Hbond substituents is 1. The molecule has 6 nitrogen and oxygen atoms in total. The molecule has 1 aromatic rings. The van der Waals surface area contributed by atoms with Crippen LogP contribution in [0.25, 0.3) is 0 Å². The van der Waals surface area contributed by atoms with Crippen LogP contribution in [-0.4, -0.2) is 24.0 Å². The van der Waals surface area contributed by atoms with Crippen LogP contribution < -0.4 is 24.6 Å². The van der Waals surface area contributed by atoms with Crippen LogP contribution in [0.15, 0.2) is 24.3 Å². The topological polar surface area (TPSA) is 118 Å². The van der Waals surface area contributed by atoms with Gasteiger partial charge in [-0.15, -0.1) is 0 Å². The number of aromatic hydroxyl groups is 1. The number of hydrogen-bond donors (Lipinski definition) is 1. The molecule has 1 amide bonds. The zero-order chi connectivity index (χ0) is 11.6. The van der Waals surface area contributed by atoms with E-state index < -0.39 is 21.3 Å². The summed E-state index contributed by atoms with van der Waals surface area (Å²) in [4.78, 5) is 10.7. The molecule has 2 N–H and O–H groups in total. The minimum Gasteiger partial charge on any atom is -0.747 e. The van der Waals surface area contributed by atoms with Crippen molar-refractivity contribution >= 4 is 16.0 Å². The first-order valence-electron chi connectivity index (χ1n) is 3.81. The fourth-order valence-corrected chi connectivity index (χ4v) is 1.88. The van der Waals surface area contributed by atoms with Crippen molar-refractivity contribution < 1.29 is 41.7 Å². The molecule has 0 saturated carbocycles. The molecule has 1 rings (SSSR count). The van der Waals surface area contributed by atoms with E-state index in [1.165, 1.54) is 18.2 Å². The molecule has 0 aliphatic carbocycles. The summed E-state index contributed by atoms with van der Waals surface area (Å²) in [5.74, 6) is -1.79. The van der Waals surface area contributed by atoms with E-state index in [0.29, 0.717) is 0 Å². The van der Waals surface area contributed by atoms with Crippen LogP contribution in [0.1, 0.15) is 10.8 Å². The third-order valence-corrected chi connectivity index (χ3v) is 2.76. The minimum atomic E-state index is -4.93. The molecule has 0 bridgehead atoms. The molecule has 0 aliphatic rings. The Kier molecular flexibility index (Phi) is 5.03. The van der Waals surface area contributed by atoms with E-state index in [1.54, 1.807) is 0 Å². The maximum atomic E-state index is 10.7. The van der Waals surface area contributed by atoms with E-state index >= 15 is 0 Å². The number of carbonyl (C=O) groups is 1. The Balaban J connectivity index is 0.00000225. The van der Waals surface area contributed by atoms with E-state index in [1.807, 2.05) is 0 Å². The second-order valence-electron chi connectivity index (χ2n) is 2.83. The standard InChI is InChI=1S/C8H8NO5S.Li/c9-8(11)7(15(12,13)14)5-2-1-3-6(10)4-5;/h1-4,7,9-10H,(H,12,13,14);/q;+1/p-1. The predicted octanol–water partition coefficient (Wildman–Crippen LogP) is -3.21. The van der Waals surface area contributed by atoms with Gasteiger partial charge in [0.1, 0.15) is 15.9 Å². The third-order valence-electron chi connectivity index (χ3n) is 1.70. The van der Waals surface area contributed by atoms with Crippen molar-refractivity contribution in [1.29, 1.82) is 0 Å². The average molecular weight is 236 g/mol. The number of carbonyl (C=O) groups excluding carboxylic acids is 1. The van der Waals surface area contributed by atoms with E-state index in [2.05, 4.69) is 0 Å². The molecule has 0 saturated heterocycles. The maximum absolute atomic E-state index is 10.7. The van der Waals surface area contributed by atoms with Crippen LogP contribution >= 0.6 is 0 Å². The van der Waals surface area contributed by atoms with Crippen molar-refractivity contribution in [2.24, 2.45) is 0 Å². The van der Waals surface area contributed by atoms with Crippen LogP contribution in [0.4, 0.5) is 0 Å². The van der Waals surface area contributed by atoms with Crippen LogP contribution in [0.3, 0.4) is 0 Å². The van der Waals surface area contributed by atoms with Gasteiger partial charge in [0.05, 0.1) is 0 Å². The zero-order valence-electron chi connectivity index (χ0n) is 8.38. The van der Waals surface area contributed by atoms with Crippen molar-refractivity contribution in [2.45, 2.75) is 5.25 Å². The Morgan fingerprint density at radius 3 is 2.38 bits per heavy atom. The molecule has 0 spiro atoms. The number of hydrogen-bond acceptors (Lipinski definition) is 5. The summed E-state index contributed by atoms with van der Waals surface area (Å²) in [6.45, 7) is 0. The number of amides is 1. The van der Waals surface area contributed by atoms with Crippen molar-refractivity contribution in [1.82, 2.24) is 5.73 Å². The maximum Gasteiger partial charge on any atom is 1.00 e. The fraction of sp³-hybridized carbons (Fsp3) is 0.125. The molecule has 1 unspecified atom stereocenters. The van der Waals surface area contributed by atoms with Gasteiger partial charge in [0.15, 0.2) is 5.25 Å². The summed E-state index contributed by atoms with van der Waals surface area (Å²) in [6, 6.07) is 4.69. The molecule has 1 atom stereocenters. The van der Waals surface area contributed by atoms with Crippen molar-refractivity contribution in [3.05, 3.63) is 29.8 Å². The summed E-state index contributed by atoms with van der Waals surface area (Å²) < 4.78 is 32.1. The van der Waals surface area contributed by atoms with Gasteiger partial charge in [0.2, 0.25) is 0 Å². The van der Waals surface area contributed by atoms with Crippen LogP contribution in [0.2, 0.25) is 0 Å². The van der Waals surface area contributed by atoms with Gasteiger partial charge in [-0.3, -0.25) is 10.5 Å². The Labute approximate surface area is 104 Å². The molecule has 1 aromatic carbocycles. The molecule has 0 aromatic heterocycles. The van der Waals surface area contributed by atoms with E-state index in [4.69, 9.17) is 10.8 Å². The Morgan fingerprint density at radius 1 is 1.44 bits per heavy atom. The van der Waals surface area contributed by atoms with Crippen molar-refractivity contribution in [2.75, 3.05) is 0 Å². The molecule has 0 fully saturated rings. The number of phenols is 1. The largest absolute Gasteiger partial charge is 1.00 e. The van der Waals surface area contributed by atoms with Crippen molar-refractivity contribution in [3.8, 4) is 5.75 Å². The molecule has 16 heavy (non-hydrogen) atoms. The van der Waals surface area contributed by atoms with Gasteiger partial charge >= 0.3 is 18.9 Å². The molecule has 0 heterocycles. The summed E-state index contributed by atoms with van der Waals surface area (Å²) in [7, 11) is -4.93. The second kappa shape index (κ2) is 5.36. The van der Waals surface area contributed by atoms with Gasteiger partial charge in [0.25, 0.3) is 5.91 Å². The first-order chi connectivity index (χ1) is 6.82. The predicted molar refractivity (Wildman–Crippen MR) is 48.6 cm³/mol. The fourth-order valence-electron chi connectivity index (χ4n) is 1.14. The minimum absolute atomic E-state index is 0. The van der Waals surface area contributed by atoms with Crippen molar-refractivity contribution in [3.63, 3.8) is 0 Å². The first kappa shape index (κ1) is 15.0. The third kappa shape index (κ3) is 3.54. The molecule has 8 heteroatoms. The van der Waals surface area contributed by atoms with E-state index in [-0.39, 0.29) is 30.2 Å². The number of rotatable bonds is 3. The monoisotopic (exact) mass is 236 g/mol. The SMILES string of the molecule is [Li+].[NH]C(=O)C(c1cccc(O)c1)S(=O)(=O)[O-].